The summed E-state index contributed by atoms with van der Waals surface area (Å²) in [6, 6.07) is 34.9. The maximum absolute atomic E-state index is 11.5. The quantitative estimate of drug-likeness (QED) is 0.230. The number of carboxylic acids is 1. The Hall–Kier alpha value is -4.42. The minimum absolute atomic E-state index is 0.170. The fourth-order valence-corrected chi connectivity index (χ4v) is 4.50. The lowest BCUT2D eigenvalue weighted by Gasteiger charge is -2.28. The Morgan fingerprint density at radius 1 is 0.789 bits per heavy atom. The first-order chi connectivity index (χ1) is 18.5. The zero-order valence-corrected chi connectivity index (χ0v) is 21.2. The van der Waals surface area contributed by atoms with Crippen LogP contribution in [0.2, 0.25) is 0 Å². The van der Waals surface area contributed by atoms with Crippen molar-refractivity contribution in [1.82, 2.24) is 4.90 Å². The van der Waals surface area contributed by atoms with Crippen LogP contribution < -0.4 is 10.5 Å². The number of carbonyl (C=O) groups is 2. The van der Waals surface area contributed by atoms with E-state index in [2.05, 4.69) is 53.4 Å². The molecule has 0 unspecified atom stereocenters. The van der Waals surface area contributed by atoms with Crippen molar-refractivity contribution >= 4 is 11.9 Å². The molecule has 0 heterocycles. The van der Waals surface area contributed by atoms with Gasteiger partial charge in [-0.25, -0.2) is 4.79 Å². The summed E-state index contributed by atoms with van der Waals surface area (Å²) in [5.74, 6) is -0.630. The molecule has 0 aromatic heterocycles. The number of carboxylic acid groups (broad SMARTS) is 1. The second-order valence-corrected chi connectivity index (χ2v) is 9.21. The second kappa shape index (κ2) is 13.2. The Morgan fingerprint density at radius 3 is 2.00 bits per heavy atom. The number of nitrogens with zero attached hydrogens (tertiary/aromatic N) is 1. The van der Waals surface area contributed by atoms with Gasteiger partial charge in [0.05, 0.1) is 12.2 Å². The summed E-state index contributed by atoms with van der Waals surface area (Å²) >= 11 is 0. The van der Waals surface area contributed by atoms with Crippen molar-refractivity contribution in [2.75, 3.05) is 19.7 Å². The molecular formula is C32H32N2O4. The van der Waals surface area contributed by atoms with E-state index in [0.29, 0.717) is 24.5 Å². The molecule has 6 heteroatoms. The van der Waals surface area contributed by atoms with E-state index in [1.165, 1.54) is 11.1 Å². The van der Waals surface area contributed by atoms with Gasteiger partial charge < -0.3 is 15.6 Å². The van der Waals surface area contributed by atoms with Gasteiger partial charge in [0, 0.05) is 31.1 Å². The molecule has 0 spiro atoms. The fraction of sp³-hybridized carbons (Fsp3) is 0.188. The van der Waals surface area contributed by atoms with Crippen LogP contribution in [0.4, 0.5) is 0 Å². The number of aromatic carboxylic acids is 1. The van der Waals surface area contributed by atoms with Gasteiger partial charge >= 0.3 is 5.97 Å². The molecule has 0 atom stereocenters. The van der Waals surface area contributed by atoms with E-state index >= 15 is 0 Å². The molecular weight excluding hydrogens is 476 g/mol. The molecule has 38 heavy (non-hydrogen) atoms. The second-order valence-electron chi connectivity index (χ2n) is 9.21. The number of nitrogens with two attached hydrogens (primary N) is 1. The summed E-state index contributed by atoms with van der Waals surface area (Å²) in [6.07, 6.45) is 0.768. The van der Waals surface area contributed by atoms with E-state index in [-0.39, 0.29) is 11.5 Å². The molecule has 1 amide bonds. The van der Waals surface area contributed by atoms with Crippen molar-refractivity contribution in [3.8, 4) is 5.75 Å². The molecule has 4 aromatic carbocycles. The zero-order chi connectivity index (χ0) is 26.7. The van der Waals surface area contributed by atoms with Crippen molar-refractivity contribution in [3.05, 3.63) is 137 Å². The lowest BCUT2D eigenvalue weighted by atomic mass is 9.90. The molecule has 0 fully saturated rings. The van der Waals surface area contributed by atoms with Gasteiger partial charge in [0.25, 0.3) is 0 Å². The van der Waals surface area contributed by atoms with Crippen LogP contribution in [-0.2, 0) is 6.54 Å². The topological polar surface area (TPSA) is 92.9 Å². The highest BCUT2D eigenvalue weighted by Gasteiger charge is 2.19. The Balaban J connectivity index is 1.50. The zero-order valence-electron chi connectivity index (χ0n) is 21.2. The fourth-order valence-electron chi connectivity index (χ4n) is 4.50. The van der Waals surface area contributed by atoms with Crippen molar-refractivity contribution in [2.45, 2.75) is 18.9 Å². The molecule has 4 aromatic rings. The normalized spacial score (nSPS) is 11.0. The maximum atomic E-state index is 11.5. The molecule has 3 N–H and O–H groups in total. The molecule has 0 bridgehead atoms. The van der Waals surface area contributed by atoms with Gasteiger partial charge in [0.2, 0.25) is 5.91 Å². The van der Waals surface area contributed by atoms with E-state index in [1.807, 2.05) is 30.3 Å². The number of hydrogen-bond acceptors (Lipinski definition) is 4. The number of ether oxygens (including phenoxy) is 1. The van der Waals surface area contributed by atoms with Crippen molar-refractivity contribution < 1.29 is 19.4 Å². The number of hydrogen-bond donors (Lipinski definition) is 2. The van der Waals surface area contributed by atoms with Gasteiger partial charge in [-0.15, -0.1) is 0 Å². The molecule has 0 radical (unpaired) electrons. The third-order valence-electron chi connectivity index (χ3n) is 6.46. The lowest BCUT2D eigenvalue weighted by molar-refractivity contribution is 0.0696. The van der Waals surface area contributed by atoms with Crippen molar-refractivity contribution in [3.63, 3.8) is 0 Å². The monoisotopic (exact) mass is 508 g/mol. The molecule has 6 nitrogen and oxygen atoms in total. The number of rotatable bonds is 13. The number of amides is 1. The third kappa shape index (κ3) is 7.54. The largest absolute Gasteiger partial charge is 0.494 e. The molecule has 0 aliphatic heterocycles. The Bertz CT molecular complexity index is 1290. The summed E-state index contributed by atoms with van der Waals surface area (Å²) in [5.41, 5.74) is 9.61. The van der Waals surface area contributed by atoms with Crippen LogP contribution in [0.3, 0.4) is 0 Å². The van der Waals surface area contributed by atoms with Crippen molar-refractivity contribution in [2.24, 2.45) is 5.73 Å². The smallest absolute Gasteiger partial charge is 0.335 e. The summed E-state index contributed by atoms with van der Waals surface area (Å²) in [6.45, 7) is 2.71. The summed E-state index contributed by atoms with van der Waals surface area (Å²) < 4.78 is 5.91. The Morgan fingerprint density at radius 2 is 1.42 bits per heavy atom. The van der Waals surface area contributed by atoms with Crippen LogP contribution in [0.1, 0.15) is 49.7 Å². The first-order valence-corrected chi connectivity index (χ1v) is 12.7. The van der Waals surface area contributed by atoms with Gasteiger partial charge in [-0.1, -0.05) is 78.9 Å². The van der Waals surface area contributed by atoms with Gasteiger partial charge in [-0.05, 0) is 53.4 Å². The highest BCUT2D eigenvalue weighted by molar-refractivity contribution is 5.93. The van der Waals surface area contributed by atoms with Gasteiger partial charge in [0.1, 0.15) is 5.75 Å². The summed E-state index contributed by atoms with van der Waals surface area (Å²) in [4.78, 5) is 25.1. The molecule has 0 aliphatic rings. The van der Waals surface area contributed by atoms with E-state index in [4.69, 9.17) is 10.5 Å². The molecule has 194 valence electrons. The molecule has 0 aliphatic carbocycles. The number of benzene rings is 4. The average Bonchev–Trinajstić information content (AvgIpc) is 2.95. The first-order valence-electron chi connectivity index (χ1n) is 12.7. The molecule has 0 saturated carbocycles. The van der Waals surface area contributed by atoms with Crippen LogP contribution >= 0.6 is 0 Å². The van der Waals surface area contributed by atoms with Crippen LogP contribution in [-0.4, -0.2) is 41.6 Å². The molecule has 0 saturated heterocycles. The Kier molecular flexibility index (Phi) is 9.27. The van der Waals surface area contributed by atoms with Crippen LogP contribution in [0, 0.1) is 0 Å². The Labute approximate surface area is 223 Å². The van der Waals surface area contributed by atoms with Gasteiger partial charge in [0.15, 0.2) is 0 Å². The highest BCUT2D eigenvalue weighted by atomic mass is 16.5. The van der Waals surface area contributed by atoms with Gasteiger partial charge in [-0.3, -0.25) is 9.69 Å². The van der Waals surface area contributed by atoms with E-state index in [0.717, 1.165) is 25.1 Å². The summed E-state index contributed by atoms with van der Waals surface area (Å²) in [5, 5.41) is 9.26. The van der Waals surface area contributed by atoms with E-state index < -0.39 is 11.9 Å². The summed E-state index contributed by atoms with van der Waals surface area (Å²) in [7, 11) is 0. The minimum Gasteiger partial charge on any atom is -0.494 e. The highest BCUT2D eigenvalue weighted by Crippen LogP contribution is 2.26. The predicted octanol–water partition coefficient (Wildman–Crippen LogP) is 5.59. The van der Waals surface area contributed by atoms with Crippen LogP contribution in [0.15, 0.2) is 109 Å². The molecule has 4 rings (SSSR count). The lowest BCUT2D eigenvalue weighted by Crippen LogP contribution is -2.30. The van der Waals surface area contributed by atoms with E-state index in [1.54, 1.807) is 30.3 Å². The SMILES string of the molecule is NC(=O)c1cccc(OCCCN(Cc2ccc(C(=O)O)cc2)CC(c2ccccc2)c2ccccc2)c1. The standard InChI is InChI=1S/C32H32N2O4/c33-31(35)28-13-7-14-29(21-28)38-20-8-19-34(22-24-15-17-27(18-16-24)32(36)37)23-30(25-9-3-1-4-10-25)26-11-5-2-6-12-26/h1-7,9-18,21,30H,8,19-20,22-23H2,(H2,33,35)(H,36,37). The third-order valence-corrected chi connectivity index (χ3v) is 6.46. The minimum atomic E-state index is -0.931. The number of carbonyl (C=O) groups excluding carboxylic acids is 1. The predicted molar refractivity (Wildman–Crippen MR) is 148 cm³/mol. The van der Waals surface area contributed by atoms with E-state index in [9.17, 15) is 14.7 Å². The van der Waals surface area contributed by atoms with Crippen LogP contribution in [0.5, 0.6) is 5.75 Å². The maximum Gasteiger partial charge on any atom is 0.335 e. The number of primary amides is 1. The average molecular weight is 509 g/mol. The van der Waals surface area contributed by atoms with Crippen molar-refractivity contribution in [1.29, 1.82) is 0 Å². The first kappa shape index (κ1) is 26.6. The van der Waals surface area contributed by atoms with Crippen LogP contribution in [0.25, 0.3) is 0 Å². The van der Waals surface area contributed by atoms with Gasteiger partial charge in [-0.2, -0.15) is 0 Å².